The topological polar surface area (TPSA) is 99.8 Å². The van der Waals surface area contributed by atoms with Crippen LogP contribution in [0.25, 0.3) is 0 Å². The molecule has 0 spiro atoms. The highest BCUT2D eigenvalue weighted by Crippen LogP contribution is 2.22. The Hall–Kier alpha value is -3.09. The van der Waals surface area contributed by atoms with Crippen molar-refractivity contribution < 1.29 is 23.9 Å². The van der Waals surface area contributed by atoms with Gasteiger partial charge in [-0.25, -0.2) is 4.79 Å². The molecule has 0 radical (unpaired) electrons. The minimum absolute atomic E-state index is 0.0632. The number of likely N-dealkylation sites (tertiary alicyclic amines) is 1. The maximum atomic E-state index is 12.5. The highest BCUT2D eigenvalue weighted by molar-refractivity contribution is 5.91. The standard InChI is InChI=1S/C18H18N2O5/c21-15-9-13(10-20(15)11-14-7-4-8-25-14)17(22)19-16(18(23)24)12-5-2-1-3-6-12/h1-8,13,16H,9-11H2,(H,19,22)(H,23,24). The van der Waals surface area contributed by atoms with Crippen molar-refractivity contribution in [1.82, 2.24) is 10.2 Å². The minimum atomic E-state index is -1.14. The molecule has 0 saturated carbocycles. The third-order valence-electron chi connectivity index (χ3n) is 4.18. The molecule has 2 amide bonds. The van der Waals surface area contributed by atoms with Crippen LogP contribution in [0.3, 0.4) is 0 Å². The first-order valence-corrected chi connectivity index (χ1v) is 7.93. The predicted molar refractivity (Wildman–Crippen MR) is 87.2 cm³/mol. The third-order valence-corrected chi connectivity index (χ3v) is 4.18. The van der Waals surface area contributed by atoms with Gasteiger partial charge in [0.25, 0.3) is 0 Å². The Bertz CT molecular complexity index is 757. The molecule has 7 heteroatoms. The molecule has 0 bridgehead atoms. The molecule has 1 aromatic heterocycles. The van der Waals surface area contributed by atoms with Crippen molar-refractivity contribution in [2.24, 2.45) is 5.92 Å². The summed E-state index contributed by atoms with van der Waals surface area (Å²) in [5, 5.41) is 11.9. The second-order valence-electron chi connectivity index (χ2n) is 5.95. The van der Waals surface area contributed by atoms with Crippen LogP contribution in [0.1, 0.15) is 23.8 Å². The van der Waals surface area contributed by atoms with E-state index in [4.69, 9.17) is 4.42 Å². The molecule has 1 aromatic carbocycles. The van der Waals surface area contributed by atoms with Gasteiger partial charge < -0.3 is 19.7 Å². The smallest absolute Gasteiger partial charge is 0.330 e. The van der Waals surface area contributed by atoms with Gasteiger partial charge in [-0.1, -0.05) is 30.3 Å². The summed E-state index contributed by atoms with van der Waals surface area (Å²) < 4.78 is 5.22. The number of carboxylic acids is 1. The fourth-order valence-electron chi connectivity index (χ4n) is 2.88. The number of carboxylic acid groups (broad SMARTS) is 1. The Kier molecular flexibility index (Phi) is 4.83. The fraction of sp³-hybridized carbons (Fsp3) is 0.278. The minimum Gasteiger partial charge on any atom is -0.479 e. The number of aliphatic carboxylic acids is 1. The molecule has 2 unspecified atom stereocenters. The van der Waals surface area contributed by atoms with E-state index in [-0.39, 0.29) is 18.9 Å². The lowest BCUT2D eigenvalue weighted by Gasteiger charge is -2.18. The van der Waals surface area contributed by atoms with Crippen LogP contribution in [-0.2, 0) is 20.9 Å². The summed E-state index contributed by atoms with van der Waals surface area (Å²) >= 11 is 0. The molecule has 1 saturated heterocycles. The van der Waals surface area contributed by atoms with Gasteiger partial charge in [0.05, 0.1) is 18.7 Å². The van der Waals surface area contributed by atoms with E-state index < -0.39 is 23.8 Å². The zero-order valence-electron chi connectivity index (χ0n) is 13.4. The summed E-state index contributed by atoms with van der Waals surface area (Å²) in [6, 6.07) is 10.8. The van der Waals surface area contributed by atoms with Crippen LogP contribution in [-0.4, -0.2) is 34.3 Å². The van der Waals surface area contributed by atoms with Crippen LogP contribution in [0, 0.1) is 5.92 Å². The number of nitrogens with zero attached hydrogens (tertiary/aromatic N) is 1. The van der Waals surface area contributed by atoms with Crippen LogP contribution in [0.2, 0.25) is 0 Å². The Morgan fingerprint density at radius 1 is 1.24 bits per heavy atom. The van der Waals surface area contributed by atoms with Crippen LogP contribution in [0.15, 0.2) is 53.1 Å². The van der Waals surface area contributed by atoms with Crippen molar-refractivity contribution in [3.05, 3.63) is 60.1 Å². The number of furan rings is 1. The molecule has 2 atom stereocenters. The van der Waals surface area contributed by atoms with Crippen molar-refractivity contribution in [3.63, 3.8) is 0 Å². The molecule has 1 aliphatic heterocycles. The molecule has 7 nitrogen and oxygen atoms in total. The maximum absolute atomic E-state index is 12.5. The van der Waals surface area contributed by atoms with E-state index in [9.17, 15) is 19.5 Å². The molecule has 1 fully saturated rings. The van der Waals surface area contributed by atoms with E-state index in [1.165, 1.54) is 6.26 Å². The molecule has 130 valence electrons. The maximum Gasteiger partial charge on any atom is 0.330 e. The number of carbonyl (C=O) groups excluding carboxylic acids is 2. The Labute approximate surface area is 144 Å². The number of hydrogen-bond acceptors (Lipinski definition) is 4. The molecular weight excluding hydrogens is 324 g/mol. The van der Waals surface area contributed by atoms with Crippen molar-refractivity contribution >= 4 is 17.8 Å². The van der Waals surface area contributed by atoms with Gasteiger partial charge in [-0.05, 0) is 17.7 Å². The summed E-state index contributed by atoms with van der Waals surface area (Å²) in [4.78, 5) is 37.6. The van der Waals surface area contributed by atoms with Crippen molar-refractivity contribution in [2.75, 3.05) is 6.54 Å². The normalized spacial score (nSPS) is 18.2. The molecule has 0 aliphatic carbocycles. The highest BCUT2D eigenvalue weighted by Gasteiger charge is 2.36. The average molecular weight is 342 g/mol. The Morgan fingerprint density at radius 2 is 2.00 bits per heavy atom. The summed E-state index contributed by atoms with van der Waals surface area (Å²) in [5.74, 6) is -1.67. The monoisotopic (exact) mass is 342 g/mol. The van der Waals surface area contributed by atoms with Gasteiger partial charge >= 0.3 is 5.97 Å². The molecule has 2 N–H and O–H groups in total. The van der Waals surface area contributed by atoms with E-state index in [1.807, 2.05) is 0 Å². The van der Waals surface area contributed by atoms with Crippen LogP contribution in [0.5, 0.6) is 0 Å². The van der Waals surface area contributed by atoms with Gasteiger partial charge in [0, 0.05) is 13.0 Å². The number of hydrogen-bond donors (Lipinski definition) is 2. The van der Waals surface area contributed by atoms with Crippen molar-refractivity contribution in [3.8, 4) is 0 Å². The molecule has 3 rings (SSSR count). The number of carbonyl (C=O) groups is 3. The molecule has 2 heterocycles. The fourth-order valence-corrected chi connectivity index (χ4v) is 2.88. The molecule has 25 heavy (non-hydrogen) atoms. The lowest BCUT2D eigenvalue weighted by atomic mass is 10.0. The quantitative estimate of drug-likeness (QED) is 0.830. The number of rotatable bonds is 6. The van der Waals surface area contributed by atoms with Gasteiger partial charge in [0.2, 0.25) is 11.8 Å². The average Bonchev–Trinajstić information content (AvgIpc) is 3.24. The predicted octanol–water partition coefficient (Wildman–Crippen LogP) is 1.57. The van der Waals surface area contributed by atoms with Crippen LogP contribution in [0.4, 0.5) is 0 Å². The molecule has 2 aromatic rings. The van der Waals surface area contributed by atoms with E-state index in [0.717, 1.165) is 0 Å². The highest BCUT2D eigenvalue weighted by atomic mass is 16.4. The molecular formula is C18H18N2O5. The second-order valence-corrected chi connectivity index (χ2v) is 5.95. The Balaban J connectivity index is 1.64. The second kappa shape index (κ2) is 7.21. The van der Waals surface area contributed by atoms with Crippen molar-refractivity contribution in [1.29, 1.82) is 0 Å². The summed E-state index contributed by atoms with van der Waals surface area (Å²) in [6.45, 7) is 0.545. The van der Waals surface area contributed by atoms with E-state index in [2.05, 4.69) is 5.32 Å². The van der Waals surface area contributed by atoms with Gasteiger partial charge in [-0.15, -0.1) is 0 Å². The van der Waals surface area contributed by atoms with Gasteiger partial charge in [0.1, 0.15) is 5.76 Å². The van der Waals surface area contributed by atoms with Gasteiger partial charge in [-0.3, -0.25) is 9.59 Å². The number of amides is 2. The van der Waals surface area contributed by atoms with E-state index in [1.54, 1.807) is 47.4 Å². The summed E-state index contributed by atoms with van der Waals surface area (Å²) in [6.07, 6.45) is 1.59. The first-order chi connectivity index (χ1) is 12.0. The first-order valence-electron chi connectivity index (χ1n) is 7.93. The molecule has 1 aliphatic rings. The van der Waals surface area contributed by atoms with Crippen molar-refractivity contribution in [2.45, 2.75) is 19.0 Å². The lowest BCUT2D eigenvalue weighted by molar-refractivity contribution is -0.142. The van der Waals surface area contributed by atoms with Crippen LogP contribution < -0.4 is 5.32 Å². The summed E-state index contributed by atoms with van der Waals surface area (Å²) in [7, 11) is 0. The first kappa shape index (κ1) is 16.8. The number of benzene rings is 1. The largest absolute Gasteiger partial charge is 0.479 e. The van der Waals surface area contributed by atoms with Gasteiger partial charge in [-0.2, -0.15) is 0 Å². The van der Waals surface area contributed by atoms with Gasteiger partial charge in [0.15, 0.2) is 6.04 Å². The van der Waals surface area contributed by atoms with Crippen LogP contribution >= 0.6 is 0 Å². The Morgan fingerprint density at radius 3 is 2.64 bits per heavy atom. The number of nitrogens with one attached hydrogen (secondary N) is 1. The van der Waals surface area contributed by atoms with E-state index >= 15 is 0 Å². The SMILES string of the molecule is O=C(NC(C(=O)O)c1ccccc1)C1CC(=O)N(Cc2ccco2)C1. The van der Waals surface area contributed by atoms with E-state index in [0.29, 0.717) is 17.9 Å². The summed E-state index contributed by atoms with van der Waals surface area (Å²) in [5.41, 5.74) is 0.486. The lowest BCUT2D eigenvalue weighted by Crippen LogP contribution is -2.38. The zero-order chi connectivity index (χ0) is 17.8. The zero-order valence-corrected chi connectivity index (χ0v) is 13.4. The third kappa shape index (κ3) is 3.88.